The van der Waals surface area contributed by atoms with Gasteiger partial charge in [-0.3, -0.25) is 0 Å². The number of nitrogens with one attached hydrogen (secondary N) is 1. The third-order valence-corrected chi connectivity index (χ3v) is 2.65. The molecule has 2 aromatic rings. The molecule has 0 aliphatic rings. The minimum Gasteiger partial charge on any atom is -0.388 e. The van der Waals surface area contributed by atoms with Crippen molar-refractivity contribution >= 4 is 17.3 Å². The molecule has 0 atom stereocenters. The number of anilines is 1. The number of halogens is 1. The molecule has 15 heavy (non-hydrogen) atoms. The van der Waals surface area contributed by atoms with Gasteiger partial charge in [-0.1, -0.05) is 23.7 Å². The van der Waals surface area contributed by atoms with E-state index in [-0.39, 0.29) is 0 Å². The van der Waals surface area contributed by atoms with Gasteiger partial charge in [-0.05, 0) is 23.8 Å². The van der Waals surface area contributed by atoms with E-state index in [0.29, 0.717) is 0 Å². The molecule has 1 N–H and O–H groups in total. The van der Waals surface area contributed by atoms with Crippen molar-refractivity contribution in [1.29, 1.82) is 0 Å². The van der Waals surface area contributed by atoms with E-state index in [1.165, 1.54) is 5.56 Å². The van der Waals surface area contributed by atoms with Gasteiger partial charge < -0.3 is 9.88 Å². The maximum Gasteiger partial charge on any atom is 0.0589 e. The second-order valence-corrected chi connectivity index (χ2v) is 3.92. The molecule has 0 saturated carbocycles. The minimum absolute atomic E-state index is 0.769. The van der Waals surface area contributed by atoms with E-state index in [4.69, 9.17) is 11.6 Å². The summed E-state index contributed by atoms with van der Waals surface area (Å²) in [7, 11) is 3.90. The fraction of sp³-hybridized carbons (Fsp3) is 0.167. The molecule has 0 fully saturated rings. The number of hydrogen-bond donors (Lipinski definition) is 1. The van der Waals surface area contributed by atoms with Gasteiger partial charge in [0.2, 0.25) is 0 Å². The van der Waals surface area contributed by atoms with Crippen molar-refractivity contribution in [2.45, 2.75) is 0 Å². The summed E-state index contributed by atoms with van der Waals surface area (Å²) in [6.45, 7) is 0. The lowest BCUT2D eigenvalue weighted by atomic mass is 10.1. The van der Waals surface area contributed by atoms with Crippen LogP contribution in [-0.2, 0) is 7.05 Å². The smallest absolute Gasteiger partial charge is 0.0589 e. The first kappa shape index (κ1) is 10.1. The van der Waals surface area contributed by atoms with Crippen LogP contribution < -0.4 is 5.32 Å². The van der Waals surface area contributed by atoms with Gasteiger partial charge in [0.05, 0.1) is 5.02 Å². The zero-order valence-electron chi connectivity index (χ0n) is 8.79. The quantitative estimate of drug-likeness (QED) is 0.821. The lowest BCUT2D eigenvalue weighted by Gasteiger charge is -2.04. The summed E-state index contributed by atoms with van der Waals surface area (Å²) in [5.74, 6) is 0. The van der Waals surface area contributed by atoms with E-state index in [1.54, 1.807) is 0 Å². The van der Waals surface area contributed by atoms with E-state index in [9.17, 15) is 0 Å². The summed E-state index contributed by atoms with van der Waals surface area (Å²) >= 11 is 5.94. The molecule has 1 heterocycles. The fourth-order valence-corrected chi connectivity index (χ4v) is 1.87. The topological polar surface area (TPSA) is 17.0 Å². The van der Waals surface area contributed by atoms with Crippen molar-refractivity contribution in [2.24, 2.45) is 7.05 Å². The Labute approximate surface area is 94.5 Å². The van der Waals surface area contributed by atoms with Crippen LogP contribution in [0.4, 0.5) is 5.69 Å². The van der Waals surface area contributed by atoms with Crippen LogP contribution in [0.5, 0.6) is 0 Å². The van der Waals surface area contributed by atoms with Gasteiger partial charge in [-0.25, -0.2) is 0 Å². The SMILES string of the molecule is CNc1ccc(-c2cc(Cl)cn2C)cc1. The van der Waals surface area contributed by atoms with Gasteiger partial charge in [-0.2, -0.15) is 0 Å². The summed E-state index contributed by atoms with van der Waals surface area (Å²) in [6, 6.07) is 10.2. The van der Waals surface area contributed by atoms with Gasteiger partial charge in [0.25, 0.3) is 0 Å². The minimum atomic E-state index is 0.769. The number of aromatic nitrogens is 1. The van der Waals surface area contributed by atoms with E-state index < -0.39 is 0 Å². The van der Waals surface area contributed by atoms with E-state index in [2.05, 4.69) is 29.6 Å². The first-order valence-electron chi connectivity index (χ1n) is 4.81. The van der Waals surface area contributed by atoms with Gasteiger partial charge in [0, 0.05) is 31.7 Å². The molecular formula is C12H13ClN2. The molecule has 3 heteroatoms. The predicted octanol–water partition coefficient (Wildman–Crippen LogP) is 3.39. The third-order valence-electron chi connectivity index (χ3n) is 2.44. The number of nitrogens with zero attached hydrogens (tertiary/aromatic N) is 1. The molecule has 1 aromatic carbocycles. The van der Waals surface area contributed by atoms with Crippen LogP contribution in [0.3, 0.4) is 0 Å². The molecule has 0 bridgehead atoms. The van der Waals surface area contributed by atoms with Crippen molar-refractivity contribution in [2.75, 3.05) is 12.4 Å². The molecule has 2 rings (SSSR count). The van der Waals surface area contributed by atoms with E-state index >= 15 is 0 Å². The molecule has 0 radical (unpaired) electrons. The maximum absolute atomic E-state index is 5.94. The molecule has 1 aromatic heterocycles. The lowest BCUT2D eigenvalue weighted by molar-refractivity contribution is 0.937. The Morgan fingerprint density at radius 2 is 1.87 bits per heavy atom. The van der Waals surface area contributed by atoms with Crippen molar-refractivity contribution in [3.63, 3.8) is 0 Å². The highest BCUT2D eigenvalue weighted by molar-refractivity contribution is 6.30. The third kappa shape index (κ3) is 2.00. The van der Waals surface area contributed by atoms with Crippen molar-refractivity contribution in [3.05, 3.63) is 41.6 Å². The van der Waals surface area contributed by atoms with Crippen LogP contribution in [0.15, 0.2) is 36.5 Å². The molecule has 78 valence electrons. The molecule has 2 nitrogen and oxygen atoms in total. The Kier molecular flexibility index (Phi) is 2.69. The molecule has 0 aliphatic carbocycles. The van der Waals surface area contributed by atoms with Crippen LogP contribution in [0.1, 0.15) is 0 Å². The molecule has 0 aliphatic heterocycles. The average molecular weight is 221 g/mol. The fourth-order valence-electron chi connectivity index (χ4n) is 1.62. The number of benzene rings is 1. The monoisotopic (exact) mass is 220 g/mol. The first-order valence-corrected chi connectivity index (χ1v) is 5.18. The Balaban J connectivity index is 2.41. The van der Waals surface area contributed by atoms with Crippen LogP contribution >= 0.6 is 11.6 Å². The van der Waals surface area contributed by atoms with Crippen molar-refractivity contribution in [1.82, 2.24) is 4.57 Å². The molecule has 0 unspecified atom stereocenters. The largest absolute Gasteiger partial charge is 0.388 e. The van der Waals surface area contributed by atoms with Crippen molar-refractivity contribution < 1.29 is 0 Å². The second kappa shape index (κ2) is 3.99. The van der Waals surface area contributed by atoms with Crippen LogP contribution in [0, 0.1) is 0 Å². The van der Waals surface area contributed by atoms with Crippen LogP contribution in [-0.4, -0.2) is 11.6 Å². The summed E-state index contributed by atoms with van der Waals surface area (Å²) in [5, 5.41) is 3.86. The highest BCUT2D eigenvalue weighted by Gasteiger charge is 2.03. The zero-order chi connectivity index (χ0) is 10.8. The van der Waals surface area contributed by atoms with Crippen LogP contribution in [0.2, 0.25) is 5.02 Å². The second-order valence-electron chi connectivity index (χ2n) is 3.48. The Hall–Kier alpha value is -1.41. The van der Waals surface area contributed by atoms with E-state index in [1.807, 2.05) is 30.9 Å². The highest BCUT2D eigenvalue weighted by Crippen LogP contribution is 2.25. The van der Waals surface area contributed by atoms with Gasteiger partial charge >= 0.3 is 0 Å². The summed E-state index contributed by atoms with van der Waals surface area (Å²) < 4.78 is 2.02. The Bertz CT molecular complexity index is 457. The normalized spacial score (nSPS) is 10.3. The highest BCUT2D eigenvalue weighted by atomic mass is 35.5. The Morgan fingerprint density at radius 1 is 1.20 bits per heavy atom. The van der Waals surface area contributed by atoms with Crippen molar-refractivity contribution in [3.8, 4) is 11.3 Å². The predicted molar refractivity (Wildman–Crippen MR) is 65.4 cm³/mol. The molecular weight excluding hydrogens is 208 g/mol. The summed E-state index contributed by atoms with van der Waals surface area (Å²) in [4.78, 5) is 0. The Morgan fingerprint density at radius 3 is 2.33 bits per heavy atom. The standard InChI is InChI=1S/C12H13ClN2/c1-14-11-5-3-9(4-6-11)12-7-10(13)8-15(12)2/h3-8,14H,1-2H3. The summed E-state index contributed by atoms with van der Waals surface area (Å²) in [6.07, 6.45) is 1.91. The zero-order valence-corrected chi connectivity index (χ0v) is 9.55. The molecule has 0 amide bonds. The van der Waals surface area contributed by atoms with Crippen LogP contribution in [0.25, 0.3) is 11.3 Å². The number of rotatable bonds is 2. The number of hydrogen-bond acceptors (Lipinski definition) is 1. The average Bonchev–Trinajstić information content (AvgIpc) is 2.58. The van der Waals surface area contributed by atoms with E-state index in [0.717, 1.165) is 16.4 Å². The van der Waals surface area contributed by atoms with Gasteiger partial charge in [0.15, 0.2) is 0 Å². The molecule has 0 spiro atoms. The maximum atomic E-state index is 5.94. The summed E-state index contributed by atoms with van der Waals surface area (Å²) in [5.41, 5.74) is 3.41. The molecule has 0 saturated heterocycles. The van der Waals surface area contributed by atoms with Gasteiger partial charge in [-0.15, -0.1) is 0 Å². The lowest BCUT2D eigenvalue weighted by Crippen LogP contribution is -1.90. The first-order chi connectivity index (χ1) is 7.20. The number of aryl methyl sites for hydroxylation is 1. The van der Waals surface area contributed by atoms with Gasteiger partial charge in [0.1, 0.15) is 0 Å².